The first-order valence-corrected chi connectivity index (χ1v) is 6.09. The number of benzodiazepines with no additional fused rings is 1. The lowest BCUT2D eigenvalue weighted by Gasteiger charge is -2.11. The van der Waals surface area contributed by atoms with Crippen molar-refractivity contribution in [1.82, 2.24) is 0 Å². The first kappa shape index (κ1) is 8.87. The second-order valence-corrected chi connectivity index (χ2v) is 4.53. The molecule has 0 bridgehead atoms. The van der Waals surface area contributed by atoms with Crippen LogP contribution in [0, 0.1) is 5.82 Å². The highest BCUT2D eigenvalue weighted by atomic mass is 35.5. The Morgan fingerprint density at radius 2 is 2.10 bits per heavy atom. The minimum Gasteiger partial charge on any atom is -0.324 e. The lowest BCUT2D eigenvalue weighted by atomic mass is 10.0. The van der Waals surface area contributed by atoms with E-state index in [1.807, 2.05) is 0 Å². The van der Waals surface area contributed by atoms with E-state index in [-0.39, 0.29) is 23.4 Å². The Hall–Kier alpha value is -2.20. The van der Waals surface area contributed by atoms with Gasteiger partial charge in [0.2, 0.25) is 5.91 Å². The summed E-state index contributed by atoms with van der Waals surface area (Å²) >= 11 is 5.97. The quantitative estimate of drug-likeness (QED) is 0.861. The maximum atomic E-state index is 14.6. The molecule has 3 rings (SSSR count). The number of hydrogen-bond acceptors (Lipinski definition) is 2. The molecule has 1 N–H and O–H groups in total. The minimum absolute atomic E-state index is 0.0460. The zero-order valence-electron chi connectivity index (χ0n) is 14.1. The molecule has 0 spiro atoms. The third kappa shape index (κ3) is 2.30. The summed E-state index contributed by atoms with van der Waals surface area (Å²) < 4.78 is 45.5. The van der Waals surface area contributed by atoms with E-state index in [1.165, 1.54) is 12.1 Å². The van der Waals surface area contributed by atoms with E-state index >= 15 is 0 Å². The molecule has 1 aliphatic rings. The van der Waals surface area contributed by atoms with E-state index in [2.05, 4.69) is 10.3 Å². The topological polar surface area (TPSA) is 41.5 Å². The zero-order valence-corrected chi connectivity index (χ0v) is 10.8. The van der Waals surface area contributed by atoms with Crippen LogP contribution < -0.4 is 5.32 Å². The van der Waals surface area contributed by atoms with E-state index in [9.17, 15) is 9.18 Å². The van der Waals surface area contributed by atoms with E-state index in [1.54, 1.807) is 6.07 Å². The molecular formula is C15H10ClFN2O. The van der Waals surface area contributed by atoms with Gasteiger partial charge in [-0.2, -0.15) is 0 Å². The highest BCUT2D eigenvalue weighted by Crippen LogP contribution is 2.26. The summed E-state index contributed by atoms with van der Waals surface area (Å²) in [7, 11) is 0. The smallest absolute Gasteiger partial charge is 0.246 e. The lowest BCUT2D eigenvalue weighted by Crippen LogP contribution is -2.13. The van der Waals surface area contributed by atoms with Crippen molar-refractivity contribution in [1.29, 1.82) is 0 Å². The van der Waals surface area contributed by atoms with Gasteiger partial charge < -0.3 is 5.32 Å². The number of benzene rings is 2. The number of carbonyl (C=O) groups is 1. The average molecular weight is 293 g/mol. The summed E-state index contributed by atoms with van der Waals surface area (Å²) in [6, 6.07) is 1.93. The number of rotatable bonds is 1. The van der Waals surface area contributed by atoms with Crippen LogP contribution in [0.2, 0.25) is 5.02 Å². The monoisotopic (exact) mass is 292 g/mol. The summed E-state index contributed by atoms with van der Waals surface area (Å²) in [5.41, 5.74) is 0.195. The van der Waals surface area contributed by atoms with Gasteiger partial charge in [-0.1, -0.05) is 23.7 Å². The molecule has 0 saturated heterocycles. The van der Waals surface area contributed by atoms with Crippen molar-refractivity contribution in [3.63, 3.8) is 0 Å². The molecule has 0 unspecified atom stereocenters. The Balaban J connectivity index is 2.35. The molecule has 0 fully saturated rings. The maximum absolute atomic E-state index is 14.6. The van der Waals surface area contributed by atoms with Gasteiger partial charge in [0, 0.05) is 16.1 Å². The lowest BCUT2D eigenvalue weighted by molar-refractivity contribution is -0.114. The second kappa shape index (κ2) is 5.06. The number of fused-ring (bicyclic) bond motifs is 1. The number of carbonyl (C=O) groups excluding carboxylic acids is 1. The van der Waals surface area contributed by atoms with Crippen LogP contribution in [-0.4, -0.2) is 18.2 Å². The number of halogens is 2. The number of amides is 1. The first-order chi connectivity index (χ1) is 11.3. The highest BCUT2D eigenvalue weighted by Gasteiger charge is 2.20. The normalized spacial score (nSPS) is 16.9. The predicted molar refractivity (Wildman–Crippen MR) is 77.0 cm³/mol. The largest absolute Gasteiger partial charge is 0.324 e. The molecule has 100 valence electrons. The Labute approximate surface area is 125 Å². The second-order valence-electron chi connectivity index (χ2n) is 4.09. The number of nitrogens with zero attached hydrogens (tertiary/aromatic N) is 1. The number of nitrogens with one attached hydrogen (secondary N) is 1. The molecule has 1 aliphatic heterocycles. The molecule has 5 heteroatoms. The van der Waals surface area contributed by atoms with Gasteiger partial charge in [0.05, 0.1) is 16.9 Å². The van der Waals surface area contributed by atoms with Gasteiger partial charge in [-0.3, -0.25) is 9.79 Å². The van der Waals surface area contributed by atoms with Gasteiger partial charge in [0.15, 0.2) is 0 Å². The van der Waals surface area contributed by atoms with E-state index in [0.29, 0.717) is 10.7 Å². The van der Waals surface area contributed by atoms with Crippen LogP contribution in [0.5, 0.6) is 0 Å². The van der Waals surface area contributed by atoms with E-state index in [0.717, 1.165) is 0 Å². The fraction of sp³-hybridized carbons (Fsp3) is 0.0667. The van der Waals surface area contributed by atoms with Crippen LogP contribution in [0.4, 0.5) is 10.1 Å². The zero-order chi connectivity index (χ0) is 17.6. The molecule has 0 saturated carbocycles. The van der Waals surface area contributed by atoms with Crippen molar-refractivity contribution in [2.45, 2.75) is 0 Å². The fourth-order valence-electron chi connectivity index (χ4n) is 1.92. The first-order valence-electron chi connectivity index (χ1n) is 7.71. The Morgan fingerprint density at radius 1 is 1.30 bits per heavy atom. The van der Waals surface area contributed by atoms with Gasteiger partial charge in [-0.25, -0.2) is 4.39 Å². The molecule has 3 nitrogen and oxygen atoms in total. The van der Waals surface area contributed by atoms with Crippen molar-refractivity contribution >= 4 is 28.9 Å². The van der Waals surface area contributed by atoms with E-state index in [4.69, 9.17) is 17.1 Å². The average Bonchev–Trinajstić information content (AvgIpc) is 2.70. The molecule has 2 aromatic rings. The number of anilines is 1. The van der Waals surface area contributed by atoms with Crippen molar-refractivity contribution < 1.29 is 14.7 Å². The maximum Gasteiger partial charge on any atom is 0.246 e. The molecule has 0 atom stereocenters. The Bertz CT molecular complexity index is 888. The van der Waals surface area contributed by atoms with Crippen molar-refractivity contribution in [3.05, 3.63) is 64.3 Å². The van der Waals surface area contributed by atoms with Crippen molar-refractivity contribution in [2.24, 2.45) is 4.99 Å². The fourth-order valence-corrected chi connectivity index (χ4v) is 2.09. The summed E-state index contributed by atoms with van der Waals surface area (Å²) in [6.45, 7) is -0.302. The van der Waals surface area contributed by atoms with Gasteiger partial charge in [0.25, 0.3) is 0 Å². The van der Waals surface area contributed by atoms with Crippen LogP contribution >= 0.6 is 11.6 Å². The summed E-state index contributed by atoms with van der Waals surface area (Å²) in [6.07, 6.45) is 0. The third-order valence-corrected chi connectivity index (χ3v) is 3.01. The molecule has 1 amide bonds. The SMILES string of the molecule is [2H]c1c([2H])c([2H])c(C2=NCC(=O)Nc3ccc(Cl)cc32)c(F)c1[2H]. The number of hydrogen-bond donors (Lipinski definition) is 1. The van der Waals surface area contributed by atoms with Gasteiger partial charge in [0.1, 0.15) is 12.4 Å². The molecule has 2 aromatic carbocycles. The number of aliphatic imine (C=N–C) groups is 1. The molecule has 0 aromatic heterocycles. The highest BCUT2D eigenvalue weighted by molar-refractivity contribution is 6.32. The minimum atomic E-state index is -1.12. The van der Waals surface area contributed by atoms with Crippen molar-refractivity contribution in [2.75, 3.05) is 11.9 Å². The van der Waals surface area contributed by atoms with Crippen molar-refractivity contribution in [3.8, 4) is 0 Å². The van der Waals surface area contributed by atoms with Crippen LogP contribution in [0.1, 0.15) is 16.6 Å². The summed E-state index contributed by atoms with van der Waals surface area (Å²) in [5.74, 6) is -1.55. The van der Waals surface area contributed by atoms with Gasteiger partial charge in [-0.05, 0) is 30.3 Å². The van der Waals surface area contributed by atoms with Crippen LogP contribution in [0.15, 0.2) is 47.4 Å². The van der Waals surface area contributed by atoms with E-state index < -0.39 is 35.9 Å². The molecule has 1 heterocycles. The Morgan fingerprint density at radius 3 is 2.95 bits per heavy atom. The molecular weight excluding hydrogens is 279 g/mol. The van der Waals surface area contributed by atoms with Gasteiger partial charge in [-0.15, -0.1) is 0 Å². The van der Waals surface area contributed by atoms with Crippen LogP contribution in [0.25, 0.3) is 0 Å². The summed E-state index contributed by atoms with van der Waals surface area (Å²) in [4.78, 5) is 15.8. The van der Waals surface area contributed by atoms with Crippen LogP contribution in [-0.2, 0) is 4.79 Å². The van der Waals surface area contributed by atoms with Crippen LogP contribution in [0.3, 0.4) is 0 Å². The molecule has 20 heavy (non-hydrogen) atoms. The Kier molecular flexibility index (Phi) is 2.24. The molecule has 0 aliphatic carbocycles. The van der Waals surface area contributed by atoms with Gasteiger partial charge >= 0.3 is 0 Å². The summed E-state index contributed by atoms with van der Waals surface area (Å²) in [5, 5.41) is 2.92. The predicted octanol–water partition coefficient (Wildman–Crippen LogP) is 3.27. The standard InChI is InChI=1S/C15H10ClFN2O/c16-9-5-6-13-11(7-9)15(18-8-14(20)19-13)10-3-1-2-4-12(10)17/h1-7H,8H2,(H,19,20)/i1D,2D,3D,4D. The molecule has 0 radical (unpaired) electrons. The third-order valence-electron chi connectivity index (χ3n) is 2.77.